The maximum Gasteiger partial charge on any atom is 0.244 e. The molecule has 1 rings (SSSR count). The summed E-state index contributed by atoms with van der Waals surface area (Å²) in [5.41, 5.74) is 5.32. The van der Waals surface area contributed by atoms with Crippen LogP contribution in [-0.4, -0.2) is 36.3 Å². The monoisotopic (exact) mass is 259 g/mol. The summed E-state index contributed by atoms with van der Waals surface area (Å²) < 4.78 is 25.1. The van der Waals surface area contributed by atoms with Gasteiger partial charge in [-0.05, 0) is 12.1 Å². The Balaban J connectivity index is 2.82. The summed E-state index contributed by atoms with van der Waals surface area (Å²) >= 11 is 4.70. The van der Waals surface area contributed by atoms with Gasteiger partial charge in [-0.2, -0.15) is 0 Å². The molecule has 0 radical (unpaired) electrons. The Hall–Kier alpha value is -1.05. The van der Waals surface area contributed by atoms with Gasteiger partial charge >= 0.3 is 0 Å². The highest BCUT2D eigenvalue weighted by Gasteiger charge is 2.20. The van der Waals surface area contributed by atoms with E-state index in [0.29, 0.717) is 11.4 Å². The van der Waals surface area contributed by atoms with Gasteiger partial charge in [-0.25, -0.2) is 12.7 Å². The molecule has 1 heterocycles. The molecule has 0 saturated carbocycles. The minimum atomic E-state index is -3.48. The molecule has 16 heavy (non-hydrogen) atoms. The summed E-state index contributed by atoms with van der Waals surface area (Å²) in [6.07, 6.45) is 3.20. The zero-order chi connectivity index (χ0) is 12.2. The summed E-state index contributed by atoms with van der Waals surface area (Å²) in [5, 5.41) is 0. The minimum absolute atomic E-state index is 0.167. The second kappa shape index (κ2) is 5.33. The molecule has 0 unspecified atom stereocenters. The first-order valence-electron chi connectivity index (χ1n) is 4.59. The van der Waals surface area contributed by atoms with Crippen LogP contribution < -0.4 is 5.73 Å². The first-order valence-corrected chi connectivity index (χ1v) is 6.44. The summed E-state index contributed by atoms with van der Waals surface area (Å²) in [6.45, 7) is 0.270. The van der Waals surface area contributed by atoms with E-state index in [-0.39, 0.29) is 11.4 Å². The van der Waals surface area contributed by atoms with Crippen molar-refractivity contribution >= 4 is 27.2 Å². The third kappa shape index (κ3) is 3.22. The van der Waals surface area contributed by atoms with E-state index in [9.17, 15) is 8.42 Å². The molecule has 1 aromatic heterocycles. The SMILES string of the molecule is CN(CCC(N)=S)S(=O)(=O)c1cccnc1. The lowest BCUT2D eigenvalue weighted by Crippen LogP contribution is -2.30. The summed E-state index contributed by atoms with van der Waals surface area (Å²) in [5.74, 6) is 0. The zero-order valence-corrected chi connectivity index (χ0v) is 10.5. The molecule has 0 aliphatic heterocycles. The van der Waals surface area contributed by atoms with Crippen LogP contribution >= 0.6 is 12.2 Å². The maximum absolute atomic E-state index is 11.9. The van der Waals surface area contributed by atoms with Gasteiger partial charge in [-0.1, -0.05) is 12.2 Å². The van der Waals surface area contributed by atoms with Crippen LogP contribution in [0.3, 0.4) is 0 Å². The molecule has 0 atom stereocenters. The van der Waals surface area contributed by atoms with E-state index >= 15 is 0 Å². The Labute approximate surface area is 100 Å². The van der Waals surface area contributed by atoms with Crippen LogP contribution in [0.1, 0.15) is 6.42 Å². The fourth-order valence-corrected chi connectivity index (χ4v) is 2.29. The van der Waals surface area contributed by atoms with E-state index < -0.39 is 10.0 Å². The Morgan fingerprint density at radius 2 is 2.31 bits per heavy atom. The lowest BCUT2D eigenvalue weighted by Gasteiger charge is -2.16. The number of hydrogen-bond acceptors (Lipinski definition) is 4. The lowest BCUT2D eigenvalue weighted by atomic mass is 10.4. The standard InChI is InChI=1S/C9H13N3O2S2/c1-12(6-4-9(10)15)16(13,14)8-3-2-5-11-7-8/h2-3,5,7H,4,6H2,1H3,(H2,10,15). The van der Waals surface area contributed by atoms with Crippen molar-refractivity contribution in [3.63, 3.8) is 0 Å². The summed E-state index contributed by atoms with van der Waals surface area (Å²) in [7, 11) is -1.99. The van der Waals surface area contributed by atoms with Gasteiger partial charge < -0.3 is 5.73 Å². The van der Waals surface area contributed by atoms with Crippen molar-refractivity contribution in [1.82, 2.24) is 9.29 Å². The number of nitrogens with zero attached hydrogens (tertiary/aromatic N) is 2. The van der Waals surface area contributed by atoms with Crippen molar-refractivity contribution in [2.24, 2.45) is 5.73 Å². The quantitative estimate of drug-likeness (QED) is 0.774. The molecular weight excluding hydrogens is 246 g/mol. The number of nitrogens with two attached hydrogens (primary N) is 1. The van der Waals surface area contributed by atoms with E-state index in [0.717, 1.165) is 0 Å². The van der Waals surface area contributed by atoms with E-state index in [1.807, 2.05) is 0 Å². The normalized spacial score (nSPS) is 11.6. The van der Waals surface area contributed by atoms with E-state index in [1.54, 1.807) is 6.07 Å². The van der Waals surface area contributed by atoms with Gasteiger partial charge in [-0.15, -0.1) is 0 Å². The highest BCUT2D eigenvalue weighted by atomic mass is 32.2. The van der Waals surface area contributed by atoms with Gasteiger partial charge in [0.15, 0.2) is 0 Å². The van der Waals surface area contributed by atoms with E-state index in [1.165, 1.54) is 29.8 Å². The predicted molar refractivity (Wildman–Crippen MR) is 65.5 cm³/mol. The number of hydrogen-bond donors (Lipinski definition) is 1. The molecule has 0 saturated heterocycles. The van der Waals surface area contributed by atoms with Crippen LogP contribution in [0, 0.1) is 0 Å². The van der Waals surface area contributed by atoms with Crippen molar-refractivity contribution in [2.45, 2.75) is 11.3 Å². The first kappa shape index (κ1) is 13.0. The summed E-state index contributed by atoms with van der Waals surface area (Å²) in [6, 6.07) is 3.08. The van der Waals surface area contributed by atoms with Crippen molar-refractivity contribution in [1.29, 1.82) is 0 Å². The molecule has 0 spiro atoms. The Morgan fingerprint density at radius 3 is 2.81 bits per heavy atom. The molecule has 0 bridgehead atoms. The minimum Gasteiger partial charge on any atom is -0.393 e. The van der Waals surface area contributed by atoms with Gasteiger partial charge in [0, 0.05) is 32.4 Å². The second-order valence-electron chi connectivity index (χ2n) is 3.23. The van der Waals surface area contributed by atoms with E-state index in [4.69, 9.17) is 18.0 Å². The third-order valence-corrected chi connectivity index (χ3v) is 4.06. The number of pyridine rings is 1. The van der Waals surface area contributed by atoms with Crippen LogP contribution in [0.25, 0.3) is 0 Å². The topological polar surface area (TPSA) is 76.3 Å². The van der Waals surface area contributed by atoms with Crippen LogP contribution in [0.2, 0.25) is 0 Å². The van der Waals surface area contributed by atoms with Crippen LogP contribution in [-0.2, 0) is 10.0 Å². The molecule has 0 aliphatic rings. The average molecular weight is 259 g/mol. The molecule has 7 heteroatoms. The van der Waals surface area contributed by atoms with Gasteiger partial charge in [0.2, 0.25) is 10.0 Å². The Bertz CT molecular complexity index is 459. The lowest BCUT2D eigenvalue weighted by molar-refractivity contribution is 0.478. The molecule has 0 amide bonds. The molecular formula is C9H13N3O2S2. The van der Waals surface area contributed by atoms with Crippen molar-refractivity contribution in [3.8, 4) is 0 Å². The fraction of sp³-hybridized carbons (Fsp3) is 0.333. The number of rotatable bonds is 5. The molecule has 2 N–H and O–H groups in total. The van der Waals surface area contributed by atoms with Gasteiger partial charge in [-0.3, -0.25) is 4.98 Å². The average Bonchev–Trinajstić information content (AvgIpc) is 2.27. The molecule has 0 aromatic carbocycles. The molecule has 0 aliphatic carbocycles. The van der Waals surface area contributed by atoms with Crippen LogP contribution in [0.4, 0.5) is 0 Å². The molecule has 88 valence electrons. The predicted octanol–water partition coefficient (Wildman–Crippen LogP) is 0.378. The molecule has 5 nitrogen and oxygen atoms in total. The van der Waals surface area contributed by atoms with Crippen molar-refractivity contribution < 1.29 is 8.42 Å². The van der Waals surface area contributed by atoms with Crippen LogP contribution in [0.5, 0.6) is 0 Å². The van der Waals surface area contributed by atoms with Crippen LogP contribution in [0.15, 0.2) is 29.4 Å². The number of aromatic nitrogens is 1. The van der Waals surface area contributed by atoms with Gasteiger partial charge in [0.25, 0.3) is 0 Å². The highest BCUT2D eigenvalue weighted by Crippen LogP contribution is 2.12. The largest absolute Gasteiger partial charge is 0.393 e. The smallest absolute Gasteiger partial charge is 0.244 e. The number of sulfonamides is 1. The summed E-state index contributed by atoms with van der Waals surface area (Å²) in [4.78, 5) is 4.24. The molecule has 1 aromatic rings. The van der Waals surface area contributed by atoms with Crippen molar-refractivity contribution in [2.75, 3.05) is 13.6 Å². The molecule has 0 fully saturated rings. The zero-order valence-electron chi connectivity index (χ0n) is 8.83. The van der Waals surface area contributed by atoms with E-state index in [2.05, 4.69) is 4.98 Å². The Kier molecular flexibility index (Phi) is 4.34. The first-order chi connectivity index (χ1) is 7.44. The second-order valence-corrected chi connectivity index (χ2v) is 5.80. The van der Waals surface area contributed by atoms with Gasteiger partial charge in [0.1, 0.15) is 4.90 Å². The third-order valence-electron chi connectivity index (χ3n) is 2.02. The van der Waals surface area contributed by atoms with Crippen molar-refractivity contribution in [3.05, 3.63) is 24.5 Å². The van der Waals surface area contributed by atoms with Gasteiger partial charge in [0.05, 0.1) is 4.99 Å². The number of thiocarbonyl (C=S) groups is 1. The maximum atomic E-state index is 11.9. The highest BCUT2D eigenvalue weighted by molar-refractivity contribution is 7.89. The Morgan fingerprint density at radius 1 is 1.62 bits per heavy atom. The fourth-order valence-electron chi connectivity index (χ4n) is 1.07.